The molecule has 1 aromatic rings. The van der Waals surface area contributed by atoms with Crippen LogP contribution in [-0.2, 0) is 14.3 Å². The maximum absolute atomic E-state index is 11.4. The van der Waals surface area contributed by atoms with Gasteiger partial charge in [-0.15, -0.1) is 0 Å². The molecule has 78 valence electrons. The second kappa shape index (κ2) is 4.88. The highest BCUT2D eigenvalue weighted by molar-refractivity contribution is 9.10. The van der Waals surface area contributed by atoms with Gasteiger partial charge < -0.3 is 5.73 Å². The number of rotatable bonds is 4. The van der Waals surface area contributed by atoms with E-state index in [1.165, 1.54) is 12.1 Å². The summed E-state index contributed by atoms with van der Waals surface area (Å²) >= 11 is 3.21. The average molecular weight is 280 g/mol. The van der Waals surface area contributed by atoms with Crippen LogP contribution in [0.5, 0.6) is 0 Å². The normalized spacial score (nSPS) is 11.6. The van der Waals surface area contributed by atoms with Crippen molar-refractivity contribution in [2.45, 2.75) is 4.90 Å². The summed E-state index contributed by atoms with van der Waals surface area (Å²) in [6.45, 7) is 0.175. The molecular formula is C8H10BrNO3S. The Hall–Kier alpha value is -0.430. The highest BCUT2D eigenvalue weighted by Gasteiger charge is 2.13. The molecule has 0 bridgehead atoms. The zero-order valence-electron chi connectivity index (χ0n) is 7.31. The zero-order valence-corrected chi connectivity index (χ0v) is 9.71. The van der Waals surface area contributed by atoms with Crippen LogP contribution in [0.15, 0.2) is 33.6 Å². The van der Waals surface area contributed by atoms with E-state index in [4.69, 9.17) is 5.73 Å². The molecule has 1 aromatic carbocycles. The second-order valence-electron chi connectivity index (χ2n) is 2.52. The Morgan fingerprint density at radius 1 is 1.29 bits per heavy atom. The van der Waals surface area contributed by atoms with Crippen molar-refractivity contribution in [3.63, 3.8) is 0 Å². The number of halogens is 1. The van der Waals surface area contributed by atoms with Crippen molar-refractivity contribution in [2.24, 2.45) is 5.73 Å². The largest absolute Gasteiger partial charge is 0.328 e. The molecule has 14 heavy (non-hydrogen) atoms. The quantitative estimate of drug-likeness (QED) is 0.839. The molecule has 0 amide bonds. The standard InChI is InChI=1S/C8H10BrNO3S/c9-7-1-3-8(4-2-7)14(11,12)13-6-5-10/h1-4H,5-6,10H2. The second-order valence-corrected chi connectivity index (χ2v) is 5.05. The third-order valence-corrected chi connectivity index (χ3v) is 3.31. The maximum atomic E-state index is 11.4. The highest BCUT2D eigenvalue weighted by Crippen LogP contribution is 2.16. The van der Waals surface area contributed by atoms with Crippen molar-refractivity contribution in [2.75, 3.05) is 13.2 Å². The lowest BCUT2D eigenvalue weighted by Gasteiger charge is -2.03. The van der Waals surface area contributed by atoms with Crippen LogP contribution >= 0.6 is 15.9 Å². The lowest BCUT2D eigenvalue weighted by atomic mass is 10.4. The van der Waals surface area contributed by atoms with Gasteiger partial charge in [-0.25, -0.2) is 0 Å². The highest BCUT2D eigenvalue weighted by atomic mass is 79.9. The van der Waals surface area contributed by atoms with Gasteiger partial charge in [0.05, 0.1) is 11.5 Å². The number of nitrogens with two attached hydrogens (primary N) is 1. The van der Waals surface area contributed by atoms with Crippen LogP contribution in [-0.4, -0.2) is 21.6 Å². The van der Waals surface area contributed by atoms with Gasteiger partial charge in [-0.05, 0) is 24.3 Å². The summed E-state index contributed by atoms with van der Waals surface area (Å²) in [4.78, 5) is 0.133. The van der Waals surface area contributed by atoms with Crippen molar-refractivity contribution in [3.05, 3.63) is 28.7 Å². The molecule has 0 unspecified atom stereocenters. The summed E-state index contributed by atoms with van der Waals surface area (Å²) in [5.41, 5.74) is 5.14. The minimum absolute atomic E-state index is 0.00159. The van der Waals surface area contributed by atoms with Crippen LogP contribution in [0.1, 0.15) is 0 Å². The number of benzene rings is 1. The van der Waals surface area contributed by atoms with E-state index in [0.717, 1.165) is 4.47 Å². The van der Waals surface area contributed by atoms with Gasteiger partial charge in [0.15, 0.2) is 0 Å². The van der Waals surface area contributed by atoms with E-state index < -0.39 is 10.1 Å². The predicted octanol–water partition coefficient (Wildman–Crippen LogP) is 1.11. The van der Waals surface area contributed by atoms with Crippen LogP contribution in [0.4, 0.5) is 0 Å². The van der Waals surface area contributed by atoms with E-state index in [2.05, 4.69) is 20.1 Å². The van der Waals surface area contributed by atoms with E-state index in [-0.39, 0.29) is 18.0 Å². The van der Waals surface area contributed by atoms with Gasteiger partial charge in [-0.2, -0.15) is 8.42 Å². The van der Waals surface area contributed by atoms with Gasteiger partial charge >= 0.3 is 0 Å². The fraction of sp³-hybridized carbons (Fsp3) is 0.250. The Morgan fingerprint density at radius 2 is 1.86 bits per heavy atom. The van der Waals surface area contributed by atoms with Crippen LogP contribution in [0.3, 0.4) is 0 Å². The van der Waals surface area contributed by atoms with Crippen LogP contribution in [0.2, 0.25) is 0 Å². The minimum Gasteiger partial charge on any atom is -0.328 e. The van der Waals surface area contributed by atoms with Gasteiger partial charge in [0.1, 0.15) is 0 Å². The molecule has 2 N–H and O–H groups in total. The van der Waals surface area contributed by atoms with Gasteiger partial charge in [0, 0.05) is 11.0 Å². The van der Waals surface area contributed by atoms with Crippen molar-refractivity contribution < 1.29 is 12.6 Å². The van der Waals surface area contributed by atoms with Gasteiger partial charge in [0.2, 0.25) is 0 Å². The summed E-state index contributed by atoms with van der Waals surface area (Å²) < 4.78 is 28.3. The predicted molar refractivity (Wildman–Crippen MR) is 56.3 cm³/mol. The first-order chi connectivity index (χ1) is 6.56. The number of hydrogen-bond acceptors (Lipinski definition) is 4. The smallest absolute Gasteiger partial charge is 0.297 e. The maximum Gasteiger partial charge on any atom is 0.297 e. The molecule has 0 aliphatic rings. The molecule has 4 nitrogen and oxygen atoms in total. The molecule has 0 radical (unpaired) electrons. The fourth-order valence-corrected chi connectivity index (χ4v) is 2.01. The van der Waals surface area contributed by atoms with E-state index in [9.17, 15) is 8.42 Å². The Kier molecular flexibility index (Phi) is 4.06. The lowest BCUT2D eigenvalue weighted by Crippen LogP contribution is -2.14. The SMILES string of the molecule is NCCOS(=O)(=O)c1ccc(Br)cc1. The molecule has 0 aliphatic heterocycles. The van der Waals surface area contributed by atoms with Crippen LogP contribution < -0.4 is 5.73 Å². The van der Waals surface area contributed by atoms with Gasteiger partial charge in [-0.1, -0.05) is 15.9 Å². The molecule has 0 saturated carbocycles. The van der Waals surface area contributed by atoms with E-state index >= 15 is 0 Å². The molecule has 0 heterocycles. The Morgan fingerprint density at radius 3 is 2.36 bits per heavy atom. The van der Waals surface area contributed by atoms with Crippen molar-refractivity contribution in [1.82, 2.24) is 0 Å². The van der Waals surface area contributed by atoms with Gasteiger partial charge in [-0.3, -0.25) is 4.18 Å². The van der Waals surface area contributed by atoms with Crippen molar-refractivity contribution in [1.29, 1.82) is 0 Å². The van der Waals surface area contributed by atoms with Crippen LogP contribution in [0, 0.1) is 0 Å². The fourth-order valence-electron chi connectivity index (χ4n) is 0.827. The monoisotopic (exact) mass is 279 g/mol. The summed E-state index contributed by atoms with van der Waals surface area (Å²) in [7, 11) is -3.64. The zero-order chi connectivity index (χ0) is 10.6. The number of hydrogen-bond donors (Lipinski definition) is 1. The Balaban J connectivity index is 2.87. The Labute approximate surface area is 91.3 Å². The molecule has 0 saturated heterocycles. The van der Waals surface area contributed by atoms with Crippen molar-refractivity contribution in [3.8, 4) is 0 Å². The first-order valence-electron chi connectivity index (χ1n) is 3.91. The molecule has 1 rings (SSSR count). The summed E-state index contributed by atoms with van der Waals surface area (Å²) in [5.74, 6) is 0. The summed E-state index contributed by atoms with van der Waals surface area (Å²) in [6.07, 6.45) is 0. The van der Waals surface area contributed by atoms with E-state index in [1.807, 2.05) is 0 Å². The molecular weight excluding hydrogens is 270 g/mol. The molecule has 0 aliphatic carbocycles. The first kappa shape index (κ1) is 11.6. The summed E-state index contributed by atoms with van der Waals surface area (Å²) in [6, 6.07) is 6.21. The molecule has 0 fully saturated rings. The van der Waals surface area contributed by atoms with E-state index in [0.29, 0.717) is 0 Å². The third-order valence-electron chi connectivity index (χ3n) is 1.46. The van der Waals surface area contributed by atoms with E-state index in [1.54, 1.807) is 12.1 Å². The third kappa shape index (κ3) is 3.06. The molecule has 0 aromatic heterocycles. The molecule has 0 spiro atoms. The minimum atomic E-state index is -3.64. The van der Waals surface area contributed by atoms with Gasteiger partial charge in [0.25, 0.3) is 10.1 Å². The van der Waals surface area contributed by atoms with Crippen LogP contribution in [0.25, 0.3) is 0 Å². The topological polar surface area (TPSA) is 69.4 Å². The molecule has 0 atom stereocenters. The first-order valence-corrected chi connectivity index (χ1v) is 6.11. The Bertz CT molecular complexity index is 388. The molecule has 6 heteroatoms. The lowest BCUT2D eigenvalue weighted by molar-refractivity contribution is 0.327. The summed E-state index contributed by atoms with van der Waals surface area (Å²) in [5, 5.41) is 0. The average Bonchev–Trinajstić information content (AvgIpc) is 2.16. The van der Waals surface area contributed by atoms with Crippen molar-refractivity contribution >= 4 is 26.0 Å².